The highest BCUT2D eigenvalue weighted by Crippen LogP contribution is 2.19. The number of pyridine rings is 1. The maximum atomic E-state index is 12.1. The van der Waals surface area contributed by atoms with E-state index < -0.39 is 0 Å². The molecular weight excluding hydrogens is 240 g/mol. The smallest absolute Gasteiger partial charge is 0.230 e. The Hall–Kier alpha value is -1.94. The van der Waals surface area contributed by atoms with Gasteiger partial charge < -0.3 is 5.11 Å². The van der Waals surface area contributed by atoms with Crippen molar-refractivity contribution in [2.24, 2.45) is 5.92 Å². The summed E-state index contributed by atoms with van der Waals surface area (Å²) in [5.74, 6) is 0.433. The lowest BCUT2D eigenvalue weighted by Gasteiger charge is -2.23. The molecule has 0 aliphatic carbocycles. The highest BCUT2D eigenvalue weighted by atomic mass is 16.3. The van der Waals surface area contributed by atoms with Crippen LogP contribution in [0.2, 0.25) is 0 Å². The van der Waals surface area contributed by atoms with Crippen LogP contribution < -0.4 is 4.90 Å². The fourth-order valence-corrected chi connectivity index (χ4v) is 1.95. The van der Waals surface area contributed by atoms with Crippen LogP contribution in [0.25, 0.3) is 10.9 Å². The molecular formula is C15H18N2O2. The molecule has 0 aliphatic heterocycles. The summed E-state index contributed by atoms with van der Waals surface area (Å²) in [5, 5.41) is 10.2. The Kier molecular flexibility index (Phi) is 4.12. The Morgan fingerprint density at radius 1 is 1.26 bits per heavy atom. The molecule has 19 heavy (non-hydrogen) atoms. The normalized spacial score (nSPS) is 10.9. The van der Waals surface area contributed by atoms with Gasteiger partial charge in [-0.25, -0.2) is 4.98 Å². The second-order valence-corrected chi connectivity index (χ2v) is 4.73. The van der Waals surface area contributed by atoms with Crippen LogP contribution >= 0.6 is 0 Å². The third kappa shape index (κ3) is 2.90. The SMILES string of the molecule is CC(C)C(=O)N(CCO)c1ccc2ccccc2n1. The van der Waals surface area contributed by atoms with Gasteiger partial charge in [-0.05, 0) is 18.2 Å². The first kappa shape index (κ1) is 13.5. The molecule has 1 heterocycles. The standard InChI is InChI=1S/C15H18N2O2/c1-11(2)15(19)17(9-10-18)14-8-7-12-5-3-4-6-13(12)16-14/h3-8,11,18H,9-10H2,1-2H3. The summed E-state index contributed by atoms with van der Waals surface area (Å²) in [7, 11) is 0. The number of benzene rings is 1. The topological polar surface area (TPSA) is 53.4 Å². The number of carbonyl (C=O) groups is 1. The Balaban J connectivity index is 2.41. The van der Waals surface area contributed by atoms with Gasteiger partial charge in [0, 0.05) is 11.3 Å². The molecule has 0 unspecified atom stereocenters. The lowest BCUT2D eigenvalue weighted by molar-refractivity contribution is -0.121. The van der Waals surface area contributed by atoms with Crippen LogP contribution in [-0.4, -0.2) is 29.1 Å². The molecule has 0 radical (unpaired) electrons. The Labute approximate surface area is 112 Å². The van der Waals surface area contributed by atoms with Gasteiger partial charge in [-0.3, -0.25) is 9.69 Å². The van der Waals surface area contributed by atoms with Gasteiger partial charge in [0.1, 0.15) is 5.82 Å². The molecule has 1 N–H and O–H groups in total. The van der Waals surface area contributed by atoms with Gasteiger partial charge >= 0.3 is 0 Å². The first-order chi connectivity index (χ1) is 9.13. The van der Waals surface area contributed by atoms with Crippen LogP contribution in [0.4, 0.5) is 5.82 Å². The molecule has 2 rings (SSSR count). The molecule has 4 nitrogen and oxygen atoms in total. The predicted octanol–water partition coefficient (Wildman–Crippen LogP) is 2.22. The Bertz CT molecular complexity index is 581. The molecule has 1 amide bonds. The van der Waals surface area contributed by atoms with Crippen LogP contribution in [0.1, 0.15) is 13.8 Å². The van der Waals surface area contributed by atoms with Crippen molar-refractivity contribution in [1.29, 1.82) is 0 Å². The first-order valence-electron chi connectivity index (χ1n) is 6.41. The molecule has 4 heteroatoms. The van der Waals surface area contributed by atoms with E-state index in [0.717, 1.165) is 10.9 Å². The van der Waals surface area contributed by atoms with Crippen molar-refractivity contribution in [2.45, 2.75) is 13.8 Å². The van der Waals surface area contributed by atoms with Crippen molar-refractivity contribution in [3.63, 3.8) is 0 Å². The van der Waals surface area contributed by atoms with E-state index >= 15 is 0 Å². The lowest BCUT2D eigenvalue weighted by Crippen LogP contribution is -2.37. The van der Waals surface area contributed by atoms with Gasteiger partial charge in [0.25, 0.3) is 0 Å². The number of aromatic nitrogens is 1. The zero-order valence-corrected chi connectivity index (χ0v) is 11.2. The zero-order valence-electron chi connectivity index (χ0n) is 11.2. The number of aliphatic hydroxyl groups excluding tert-OH is 1. The summed E-state index contributed by atoms with van der Waals surface area (Å²) in [5.41, 5.74) is 0.847. The van der Waals surface area contributed by atoms with E-state index in [-0.39, 0.29) is 25.0 Å². The van der Waals surface area contributed by atoms with Crippen LogP contribution in [0.3, 0.4) is 0 Å². The van der Waals surface area contributed by atoms with Crippen molar-refractivity contribution in [1.82, 2.24) is 4.98 Å². The van der Waals surface area contributed by atoms with E-state index in [1.807, 2.05) is 50.2 Å². The number of para-hydroxylation sites is 1. The van der Waals surface area contributed by atoms with E-state index in [9.17, 15) is 4.79 Å². The fraction of sp³-hybridized carbons (Fsp3) is 0.333. The number of hydrogen-bond acceptors (Lipinski definition) is 3. The van der Waals surface area contributed by atoms with Gasteiger partial charge in [-0.1, -0.05) is 32.0 Å². The number of hydrogen-bond donors (Lipinski definition) is 1. The molecule has 0 saturated heterocycles. The minimum absolute atomic E-state index is 0.0307. The number of nitrogens with zero attached hydrogens (tertiary/aromatic N) is 2. The summed E-state index contributed by atoms with van der Waals surface area (Å²) in [6.45, 7) is 3.87. The number of aliphatic hydroxyl groups is 1. The van der Waals surface area contributed by atoms with Crippen LogP contribution in [0.15, 0.2) is 36.4 Å². The molecule has 0 aliphatic rings. The lowest BCUT2D eigenvalue weighted by atomic mass is 10.1. The highest BCUT2D eigenvalue weighted by Gasteiger charge is 2.19. The van der Waals surface area contributed by atoms with Crippen molar-refractivity contribution in [3.05, 3.63) is 36.4 Å². The summed E-state index contributed by atoms with van der Waals surface area (Å²) >= 11 is 0. The summed E-state index contributed by atoms with van der Waals surface area (Å²) in [6.07, 6.45) is 0. The summed E-state index contributed by atoms with van der Waals surface area (Å²) < 4.78 is 0. The number of amides is 1. The van der Waals surface area contributed by atoms with Gasteiger partial charge in [0.05, 0.1) is 18.7 Å². The zero-order chi connectivity index (χ0) is 13.8. The van der Waals surface area contributed by atoms with Crippen LogP contribution in [0.5, 0.6) is 0 Å². The van der Waals surface area contributed by atoms with Crippen molar-refractivity contribution >= 4 is 22.6 Å². The average Bonchev–Trinajstić information content (AvgIpc) is 2.43. The molecule has 0 bridgehead atoms. The maximum Gasteiger partial charge on any atom is 0.230 e. The second kappa shape index (κ2) is 5.80. The molecule has 0 fully saturated rings. The second-order valence-electron chi connectivity index (χ2n) is 4.73. The van der Waals surface area contributed by atoms with Gasteiger partial charge in [-0.2, -0.15) is 0 Å². The van der Waals surface area contributed by atoms with Gasteiger partial charge in [0.2, 0.25) is 5.91 Å². The van der Waals surface area contributed by atoms with Crippen LogP contribution in [-0.2, 0) is 4.79 Å². The van der Waals surface area contributed by atoms with E-state index in [1.54, 1.807) is 0 Å². The molecule has 0 spiro atoms. The quantitative estimate of drug-likeness (QED) is 0.914. The molecule has 2 aromatic rings. The number of fused-ring (bicyclic) bond motifs is 1. The molecule has 100 valence electrons. The number of rotatable bonds is 4. The van der Waals surface area contributed by atoms with Crippen molar-refractivity contribution in [2.75, 3.05) is 18.1 Å². The third-order valence-electron chi connectivity index (χ3n) is 2.94. The number of anilines is 1. The molecule has 1 aromatic carbocycles. The Morgan fingerprint density at radius 3 is 2.68 bits per heavy atom. The van der Waals surface area contributed by atoms with E-state index in [1.165, 1.54) is 4.90 Å². The van der Waals surface area contributed by atoms with Crippen molar-refractivity contribution < 1.29 is 9.90 Å². The largest absolute Gasteiger partial charge is 0.395 e. The monoisotopic (exact) mass is 258 g/mol. The fourth-order valence-electron chi connectivity index (χ4n) is 1.95. The minimum Gasteiger partial charge on any atom is -0.395 e. The molecule has 1 aromatic heterocycles. The van der Waals surface area contributed by atoms with E-state index in [2.05, 4.69) is 4.98 Å². The summed E-state index contributed by atoms with van der Waals surface area (Å²) in [4.78, 5) is 18.2. The predicted molar refractivity (Wildman–Crippen MR) is 76.0 cm³/mol. The van der Waals surface area contributed by atoms with Gasteiger partial charge in [0.15, 0.2) is 0 Å². The first-order valence-corrected chi connectivity index (χ1v) is 6.41. The summed E-state index contributed by atoms with van der Waals surface area (Å²) in [6, 6.07) is 11.5. The minimum atomic E-state index is -0.125. The van der Waals surface area contributed by atoms with Crippen LogP contribution in [0, 0.1) is 5.92 Å². The Morgan fingerprint density at radius 2 is 2.00 bits per heavy atom. The molecule has 0 atom stereocenters. The van der Waals surface area contributed by atoms with E-state index in [0.29, 0.717) is 5.82 Å². The highest BCUT2D eigenvalue weighted by molar-refractivity contribution is 5.95. The molecule has 0 saturated carbocycles. The number of carbonyl (C=O) groups excluding carboxylic acids is 1. The average molecular weight is 258 g/mol. The third-order valence-corrected chi connectivity index (χ3v) is 2.94. The maximum absolute atomic E-state index is 12.1. The van der Waals surface area contributed by atoms with Crippen molar-refractivity contribution in [3.8, 4) is 0 Å². The van der Waals surface area contributed by atoms with Gasteiger partial charge in [-0.15, -0.1) is 0 Å². The van der Waals surface area contributed by atoms with E-state index in [4.69, 9.17) is 5.11 Å².